The van der Waals surface area contributed by atoms with Crippen LogP contribution >= 0.6 is 22.7 Å². The van der Waals surface area contributed by atoms with E-state index in [1.807, 2.05) is 24.4 Å². The smallest absolute Gasteiger partial charge is 0.261 e. The van der Waals surface area contributed by atoms with Crippen molar-refractivity contribution in [1.82, 2.24) is 10.0 Å². The summed E-state index contributed by atoms with van der Waals surface area (Å²) < 4.78 is 25.5. The van der Waals surface area contributed by atoms with Gasteiger partial charge in [-0.2, -0.15) is 0 Å². The van der Waals surface area contributed by atoms with Gasteiger partial charge in [-0.25, -0.2) is 13.1 Å². The summed E-state index contributed by atoms with van der Waals surface area (Å²) in [5.74, 6) is -0.0182. The molecule has 114 valence electrons. The Balaban J connectivity index is 1.98. The first-order chi connectivity index (χ1) is 9.94. The lowest BCUT2D eigenvalue weighted by Gasteiger charge is -2.10. The van der Waals surface area contributed by atoms with Gasteiger partial charge in [-0.15, -0.1) is 22.7 Å². The topological polar surface area (TPSA) is 75.3 Å². The first-order valence-corrected chi connectivity index (χ1v) is 9.52. The summed E-state index contributed by atoms with van der Waals surface area (Å²) >= 11 is 2.77. The number of carbonyl (C=O) groups is 1. The molecule has 2 N–H and O–H groups in total. The van der Waals surface area contributed by atoms with E-state index < -0.39 is 10.0 Å². The molecule has 1 atom stereocenters. The third-order valence-electron chi connectivity index (χ3n) is 2.98. The first-order valence-electron chi connectivity index (χ1n) is 6.27. The molecule has 8 heteroatoms. The molecule has 0 aromatic carbocycles. The van der Waals surface area contributed by atoms with Crippen LogP contribution in [0.25, 0.3) is 0 Å². The average molecular weight is 344 g/mol. The van der Waals surface area contributed by atoms with Gasteiger partial charge in [0.15, 0.2) is 0 Å². The molecule has 0 saturated carbocycles. The van der Waals surface area contributed by atoms with Crippen LogP contribution in [-0.2, 0) is 10.0 Å². The van der Waals surface area contributed by atoms with E-state index in [1.54, 1.807) is 11.3 Å². The van der Waals surface area contributed by atoms with Crippen molar-refractivity contribution < 1.29 is 13.2 Å². The summed E-state index contributed by atoms with van der Waals surface area (Å²) in [6.07, 6.45) is 0. The molecule has 2 rings (SSSR count). The molecule has 1 unspecified atom stereocenters. The molecule has 0 aliphatic rings. The summed E-state index contributed by atoms with van der Waals surface area (Å²) in [5.41, 5.74) is 0. The van der Waals surface area contributed by atoms with Crippen molar-refractivity contribution >= 4 is 38.6 Å². The molecular weight excluding hydrogens is 328 g/mol. The average Bonchev–Trinajstić information content (AvgIpc) is 3.14. The maximum absolute atomic E-state index is 12.0. The Labute approximate surface area is 132 Å². The molecule has 0 bridgehead atoms. The number of hydrogen-bond acceptors (Lipinski definition) is 5. The highest BCUT2D eigenvalue weighted by Gasteiger charge is 2.17. The van der Waals surface area contributed by atoms with E-state index in [-0.39, 0.29) is 16.7 Å². The second kappa shape index (κ2) is 6.69. The minimum atomic E-state index is -3.50. The summed E-state index contributed by atoms with van der Waals surface area (Å²) in [4.78, 5) is 13.8. The molecule has 1 amide bonds. The van der Waals surface area contributed by atoms with Crippen molar-refractivity contribution in [3.8, 4) is 0 Å². The SMILES string of the molecule is CNS(=O)(=O)c1csc(C(=O)NCC(C)c2cccs2)c1. The Morgan fingerprint density at radius 1 is 1.38 bits per heavy atom. The Morgan fingerprint density at radius 3 is 2.76 bits per heavy atom. The van der Waals surface area contributed by atoms with E-state index in [0.29, 0.717) is 11.4 Å². The maximum atomic E-state index is 12.0. The van der Waals surface area contributed by atoms with Gasteiger partial charge in [0.05, 0.1) is 9.77 Å². The normalized spacial score (nSPS) is 13.0. The molecule has 0 spiro atoms. The van der Waals surface area contributed by atoms with Gasteiger partial charge in [-0.05, 0) is 24.6 Å². The van der Waals surface area contributed by atoms with Crippen molar-refractivity contribution in [1.29, 1.82) is 0 Å². The number of rotatable bonds is 6. The summed E-state index contributed by atoms with van der Waals surface area (Å²) in [7, 11) is -2.15. The van der Waals surface area contributed by atoms with E-state index in [4.69, 9.17) is 0 Å². The van der Waals surface area contributed by atoms with Gasteiger partial charge in [-0.1, -0.05) is 13.0 Å². The van der Waals surface area contributed by atoms with Gasteiger partial charge >= 0.3 is 0 Å². The zero-order valence-electron chi connectivity index (χ0n) is 11.6. The molecule has 0 aliphatic carbocycles. The third kappa shape index (κ3) is 3.91. The van der Waals surface area contributed by atoms with Gasteiger partial charge in [0, 0.05) is 22.7 Å². The van der Waals surface area contributed by atoms with Crippen molar-refractivity contribution in [2.45, 2.75) is 17.7 Å². The van der Waals surface area contributed by atoms with Gasteiger partial charge in [-0.3, -0.25) is 4.79 Å². The van der Waals surface area contributed by atoms with Gasteiger partial charge < -0.3 is 5.32 Å². The fourth-order valence-electron chi connectivity index (χ4n) is 1.70. The molecule has 0 radical (unpaired) electrons. The summed E-state index contributed by atoms with van der Waals surface area (Å²) in [5, 5.41) is 6.30. The number of thiophene rings is 2. The quantitative estimate of drug-likeness (QED) is 0.844. The minimum absolute atomic E-state index is 0.117. The fourth-order valence-corrected chi connectivity index (χ4v) is 4.41. The van der Waals surface area contributed by atoms with E-state index in [1.165, 1.54) is 23.4 Å². The standard InChI is InChI=1S/C13H16N2O3S3/c1-9(11-4-3-5-19-11)7-15-13(16)12-6-10(8-20-12)21(17,18)14-2/h3-6,8-9,14H,7H2,1-2H3,(H,15,16). The lowest BCUT2D eigenvalue weighted by Crippen LogP contribution is -2.26. The van der Waals surface area contributed by atoms with E-state index in [9.17, 15) is 13.2 Å². The van der Waals surface area contributed by atoms with Crippen LogP contribution in [0.15, 0.2) is 33.9 Å². The van der Waals surface area contributed by atoms with Crippen molar-refractivity contribution in [2.75, 3.05) is 13.6 Å². The Kier molecular flexibility index (Phi) is 5.15. The summed E-state index contributed by atoms with van der Waals surface area (Å²) in [6, 6.07) is 5.40. The van der Waals surface area contributed by atoms with Crippen LogP contribution in [0, 0.1) is 0 Å². The van der Waals surface area contributed by atoms with Crippen LogP contribution in [0.2, 0.25) is 0 Å². The van der Waals surface area contributed by atoms with Gasteiger partial charge in [0.25, 0.3) is 5.91 Å². The van der Waals surface area contributed by atoms with Crippen LogP contribution in [-0.4, -0.2) is 27.9 Å². The molecular formula is C13H16N2O3S3. The van der Waals surface area contributed by atoms with Crippen LogP contribution < -0.4 is 10.0 Å². The number of sulfonamides is 1. The number of carbonyl (C=O) groups excluding carboxylic acids is 1. The fraction of sp³-hybridized carbons (Fsp3) is 0.308. The molecule has 2 heterocycles. The van der Waals surface area contributed by atoms with Crippen LogP contribution in [0.5, 0.6) is 0 Å². The van der Waals surface area contributed by atoms with E-state index in [2.05, 4.69) is 10.0 Å². The van der Waals surface area contributed by atoms with Crippen LogP contribution in [0.4, 0.5) is 0 Å². The lowest BCUT2D eigenvalue weighted by molar-refractivity contribution is 0.0955. The summed E-state index contributed by atoms with van der Waals surface area (Å²) in [6.45, 7) is 2.56. The second-order valence-corrected chi connectivity index (χ2v) is 8.26. The molecule has 2 aromatic rings. The maximum Gasteiger partial charge on any atom is 0.261 e. The zero-order valence-corrected chi connectivity index (χ0v) is 14.1. The van der Waals surface area contributed by atoms with E-state index >= 15 is 0 Å². The highest BCUT2D eigenvalue weighted by atomic mass is 32.2. The molecule has 5 nitrogen and oxygen atoms in total. The van der Waals surface area contributed by atoms with Crippen molar-refractivity contribution in [2.24, 2.45) is 0 Å². The molecule has 2 aromatic heterocycles. The highest BCUT2D eigenvalue weighted by Crippen LogP contribution is 2.21. The van der Waals surface area contributed by atoms with Crippen molar-refractivity contribution in [3.05, 3.63) is 38.7 Å². The Bertz CT molecular complexity index is 705. The van der Waals surface area contributed by atoms with Crippen LogP contribution in [0.1, 0.15) is 27.4 Å². The van der Waals surface area contributed by atoms with Crippen LogP contribution in [0.3, 0.4) is 0 Å². The van der Waals surface area contributed by atoms with Gasteiger partial charge in [0.2, 0.25) is 10.0 Å². The predicted octanol–water partition coefficient (Wildman–Crippen LogP) is 2.25. The highest BCUT2D eigenvalue weighted by molar-refractivity contribution is 7.89. The number of hydrogen-bond donors (Lipinski definition) is 2. The van der Waals surface area contributed by atoms with E-state index in [0.717, 1.165) is 11.3 Å². The zero-order chi connectivity index (χ0) is 15.5. The first kappa shape index (κ1) is 16.2. The second-order valence-electron chi connectivity index (χ2n) is 4.48. The monoisotopic (exact) mass is 344 g/mol. The number of nitrogens with one attached hydrogen (secondary N) is 2. The number of amides is 1. The van der Waals surface area contributed by atoms with Gasteiger partial charge in [0.1, 0.15) is 0 Å². The largest absolute Gasteiger partial charge is 0.351 e. The minimum Gasteiger partial charge on any atom is -0.351 e. The lowest BCUT2D eigenvalue weighted by atomic mass is 10.1. The Morgan fingerprint density at radius 2 is 2.14 bits per heavy atom. The molecule has 0 saturated heterocycles. The Hall–Kier alpha value is -1.22. The van der Waals surface area contributed by atoms with Crippen molar-refractivity contribution in [3.63, 3.8) is 0 Å². The predicted molar refractivity (Wildman–Crippen MR) is 85.6 cm³/mol. The molecule has 0 fully saturated rings. The third-order valence-corrected chi connectivity index (χ3v) is 6.55. The molecule has 0 aliphatic heterocycles. The molecule has 21 heavy (non-hydrogen) atoms.